The number of anilines is 12. The van der Waals surface area contributed by atoms with Gasteiger partial charge in [0.15, 0.2) is 0 Å². The van der Waals surface area contributed by atoms with Crippen LogP contribution in [0.5, 0.6) is 0 Å². The van der Waals surface area contributed by atoms with Gasteiger partial charge in [0.25, 0.3) is 0 Å². The maximum atomic E-state index is 2.76. The van der Waals surface area contributed by atoms with Gasteiger partial charge in [0.1, 0.15) is 0 Å². The summed E-state index contributed by atoms with van der Waals surface area (Å²) in [6, 6.07) is 114. The number of nitrogens with zero attached hydrogens (tertiary/aromatic N) is 6. The first kappa shape index (κ1) is 46.7. The van der Waals surface area contributed by atoms with E-state index in [1.165, 1.54) is 66.8 Å². The first-order chi connectivity index (χ1) is 40.2. The van der Waals surface area contributed by atoms with Crippen molar-refractivity contribution in [3.8, 4) is 33.4 Å². The summed E-state index contributed by atoms with van der Waals surface area (Å²) in [7, 11) is 0. The average molecular weight is 1030 g/mol. The Morgan fingerprint density at radius 2 is 0.395 bits per heavy atom. The van der Waals surface area contributed by atoms with Gasteiger partial charge < -0.3 is 28.9 Å². The van der Waals surface area contributed by atoms with Crippen molar-refractivity contribution in [1.29, 1.82) is 0 Å². The number of hydrogen-bond acceptors (Lipinski definition) is 6. The number of hydrogen-bond donors (Lipinski definition) is 0. The molecule has 0 N–H and O–H groups in total. The van der Waals surface area contributed by atoms with Crippen molar-refractivity contribution < 1.29 is 0 Å². The first-order valence-electron chi connectivity index (χ1n) is 28.0. The lowest BCUT2D eigenvalue weighted by atomic mass is 9.34. The van der Waals surface area contributed by atoms with Crippen molar-refractivity contribution in [2.45, 2.75) is 0 Å². The molecule has 6 nitrogen and oxygen atoms in total. The van der Waals surface area contributed by atoms with Gasteiger partial charge in [0, 0.05) is 84.9 Å². The Bertz CT molecular complexity index is 3740. The predicted molar refractivity (Wildman–Crippen MR) is 343 cm³/mol. The normalized spacial score (nSPS) is 13.0. The third-order valence-electron chi connectivity index (χ3n) is 16.8. The molecule has 0 atom stereocenters. The van der Waals surface area contributed by atoms with E-state index in [9.17, 15) is 0 Å². The molecular formula is C72H51B3N6. The third-order valence-corrected chi connectivity index (χ3v) is 16.8. The molecule has 0 unspecified atom stereocenters. The molecule has 1 fully saturated rings. The van der Waals surface area contributed by atoms with Crippen LogP contribution >= 0.6 is 0 Å². The minimum absolute atomic E-state index is 0.219. The summed E-state index contributed by atoms with van der Waals surface area (Å²) in [5.74, 6) is 0. The van der Waals surface area contributed by atoms with Gasteiger partial charge in [-0.25, -0.2) is 0 Å². The Balaban J connectivity index is 0.953. The van der Waals surface area contributed by atoms with Crippen molar-refractivity contribution >= 4 is 106 Å². The second kappa shape index (κ2) is 19.2. The van der Waals surface area contributed by atoms with Crippen LogP contribution in [-0.2, 0) is 0 Å². The van der Waals surface area contributed by atoms with Gasteiger partial charge in [-0.15, -0.1) is 0 Å². The number of benzene rings is 12. The standard InChI is InChI=1S/C72H51B3N6/c1-7-25-52(26-8-1)76(53-27-9-2-10-28-53)58-43-46-70-64(49-58)61-37-19-22-40-67(61)73-79(70)74-68-41-23-20-38-62(68)65-50-60(78(56-33-15-5-16-34-56)57-35-17-6-18-36-57)45-48-72(65)81(74)75-69-42-24-21-39-63(69)66-51-59(44-47-71(66)80(73)75)77(54-29-11-3-12-30-54)55-31-13-4-14-32-55/h1-51H. The molecule has 12 aromatic carbocycles. The summed E-state index contributed by atoms with van der Waals surface area (Å²) in [6.07, 6.45) is 0. The molecule has 9 heteroatoms. The largest absolute Gasteiger partial charge is 0.416 e. The Hall–Kier alpha value is -10.4. The Kier molecular flexibility index (Phi) is 11.1. The molecule has 4 aliphatic rings. The summed E-state index contributed by atoms with van der Waals surface area (Å²) in [5.41, 5.74) is 24.6. The van der Waals surface area contributed by atoms with Crippen LogP contribution in [0.3, 0.4) is 0 Å². The predicted octanol–water partition coefficient (Wildman–Crippen LogP) is 16.1. The number of para-hydroxylation sites is 6. The van der Waals surface area contributed by atoms with Crippen molar-refractivity contribution in [3.05, 3.63) is 309 Å². The van der Waals surface area contributed by atoms with Gasteiger partial charge in [0.2, 0.25) is 0 Å². The zero-order chi connectivity index (χ0) is 53.4. The topological polar surface area (TPSA) is 19.4 Å². The van der Waals surface area contributed by atoms with Crippen LogP contribution in [0.15, 0.2) is 309 Å². The Labute approximate surface area is 474 Å². The molecule has 81 heavy (non-hydrogen) atoms. The average Bonchev–Trinajstić information content (AvgIpc) is 1.99. The van der Waals surface area contributed by atoms with E-state index in [4.69, 9.17) is 0 Å². The SMILES string of the molecule is c1ccc(N(c2ccccc2)c2ccc3c(c2)-c2ccccc2B2N3B3c4ccccc4-c4cc(N(c5ccccc5)c5ccccc5)ccc4N3B3c4ccccc4-c4cc(N(c5ccccc5)c5ccccc5)ccc4N23)cc1. The molecule has 16 rings (SSSR count). The molecule has 0 radical (unpaired) electrons. The lowest BCUT2D eigenvalue weighted by Crippen LogP contribution is -2.88. The Morgan fingerprint density at radius 1 is 0.185 bits per heavy atom. The smallest absolute Gasteiger partial charge is 0.389 e. The minimum atomic E-state index is -0.219. The summed E-state index contributed by atoms with van der Waals surface area (Å²) in [4.78, 5) is 7.15. The monoisotopic (exact) mass is 1030 g/mol. The van der Waals surface area contributed by atoms with E-state index < -0.39 is 0 Å². The molecule has 0 saturated carbocycles. The molecule has 378 valence electrons. The lowest BCUT2D eigenvalue weighted by molar-refractivity contribution is 1.24. The number of rotatable bonds is 9. The van der Waals surface area contributed by atoms with Crippen molar-refractivity contribution in [1.82, 2.24) is 0 Å². The molecular weight excluding hydrogens is 981 g/mol. The molecule has 0 spiro atoms. The van der Waals surface area contributed by atoms with Crippen molar-refractivity contribution in [2.24, 2.45) is 0 Å². The Morgan fingerprint density at radius 3 is 0.630 bits per heavy atom. The summed E-state index contributed by atoms with van der Waals surface area (Å²) in [6.45, 7) is -0.658. The van der Waals surface area contributed by atoms with Gasteiger partial charge in [-0.05, 0) is 160 Å². The zero-order valence-corrected chi connectivity index (χ0v) is 44.4. The molecule has 4 aliphatic heterocycles. The van der Waals surface area contributed by atoms with Crippen LogP contribution in [0, 0.1) is 0 Å². The molecule has 12 aromatic rings. The molecule has 0 amide bonds. The van der Waals surface area contributed by atoms with Gasteiger partial charge in [-0.3, -0.25) is 0 Å². The van der Waals surface area contributed by atoms with Crippen LogP contribution in [0.4, 0.5) is 68.2 Å². The van der Waals surface area contributed by atoms with Gasteiger partial charge in [-0.2, -0.15) is 0 Å². The maximum Gasteiger partial charge on any atom is 0.389 e. The second-order valence-corrected chi connectivity index (χ2v) is 21.2. The third kappa shape index (κ3) is 7.53. The highest BCUT2D eigenvalue weighted by molar-refractivity contribution is 7.16. The minimum Gasteiger partial charge on any atom is -0.416 e. The van der Waals surface area contributed by atoms with E-state index in [2.05, 4.69) is 338 Å². The number of fused-ring (bicyclic) bond motifs is 21. The van der Waals surface area contributed by atoms with E-state index in [-0.39, 0.29) is 20.9 Å². The van der Waals surface area contributed by atoms with Gasteiger partial charge in [-0.1, -0.05) is 182 Å². The first-order valence-corrected chi connectivity index (χ1v) is 28.0. The zero-order valence-electron chi connectivity index (χ0n) is 44.4. The van der Waals surface area contributed by atoms with Crippen LogP contribution in [-0.4, -0.2) is 20.9 Å². The highest BCUT2D eigenvalue weighted by atomic mass is 15.3. The molecule has 4 heterocycles. The molecule has 1 saturated heterocycles. The van der Waals surface area contributed by atoms with Crippen molar-refractivity contribution in [3.63, 3.8) is 0 Å². The van der Waals surface area contributed by atoms with E-state index in [1.807, 2.05) is 0 Å². The van der Waals surface area contributed by atoms with Crippen LogP contribution in [0.2, 0.25) is 0 Å². The molecule has 0 aliphatic carbocycles. The highest BCUT2D eigenvalue weighted by Crippen LogP contribution is 2.52. The summed E-state index contributed by atoms with van der Waals surface area (Å²) in [5, 5.41) is 0. The molecule has 0 aromatic heterocycles. The fourth-order valence-electron chi connectivity index (χ4n) is 13.5. The van der Waals surface area contributed by atoms with Gasteiger partial charge in [0.05, 0.1) is 0 Å². The van der Waals surface area contributed by atoms with E-state index in [0.29, 0.717) is 0 Å². The quantitative estimate of drug-likeness (QED) is 0.133. The van der Waals surface area contributed by atoms with E-state index in [0.717, 1.165) is 51.2 Å². The summed E-state index contributed by atoms with van der Waals surface area (Å²) >= 11 is 0. The lowest BCUT2D eigenvalue weighted by Gasteiger charge is -2.61. The fourth-order valence-corrected chi connectivity index (χ4v) is 13.5. The van der Waals surface area contributed by atoms with Crippen LogP contribution < -0.4 is 45.3 Å². The fraction of sp³-hybridized carbons (Fsp3) is 0. The van der Waals surface area contributed by atoms with Gasteiger partial charge >= 0.3 is 20.9 Å². The van der Waals surface area contributed by atoms with Crippen LogP contribution in [0.1, 0.15) is 0 Å². The van der Waals surface area contributed by atoms with Crippen molar-refractivity contribution in [2.75, 3.05) is 28.9 Å². The maximum absolute atomic E-state index is 2.76. The van der Waals surface area contributed by atoms with E-state index >= 15 is 0 Å². The highest BCUT2D eigenvalue weighted by Gasteiger charge is 2.61. The second-order valence-electron chi connectivity index (χ2n) is 21.2. The van der Waals surface area contributed by atoms with E-state index in [1.54, 1.807) is 0 Å². The summed E-state index contributed by atoms with van der Waals surface area (Å²) < 4.78 is 8.28. The molecule has 0 bridgehead atoms. The van der Waals surface area contributed by atoms with Crippen LogP contribution in [0.25, 0.3) is 33.4 Å².